The first-order valence-electron chi connectivity index (χ1n) is 6.82. The van der Waals surface area contributed by atoms with Crippen LogP contribution in [0.3, 0.4) is 0 Å². The normalized spacial score (nSPS) is 27.1. The van der Waals surface area contributed by atoms with E-state index in [1.807, 2.05) is 6.92 Å². The van der Waals surface area contributed by atoms with Crippen molar-refractivity contribution < 1.29 is 9.53 Å². The fraction of sp³-hybridized carbons (Fsp3) is 0.923. The minimum absolute atomic E-state index is 0.0361. The summed E-state index contributed by atoms with van der Waals surface area (Å²) >= 11 is 0. The van der Waals surface area contributed by atoms with E-state index in [2.05, 4.69) is 17.6 Å². The Balaban J connectivity index is 1.69. The van der Waals surface area contributed by atoms with Crippen molar-refractivity contribution in [3.8, 4) is 0 Å². The van der Waals surface area contributed by atoms with Gasteiger partial charge in [-0.1, -0.05) is 33.1 Å². The minimum Gasteiger partial charge on any atom is -0.446 e. The van der Waals surface area contributed by atoms with Crippen molar-refractivity contribution in [2.24, 2.45) is 11.3 Å². The van der Waals surface area contributed by atoms with E-state index < -0.39 is 0 Å². The highest BCUT2D eigenvalue weighted by Crippen LogP contribution is 2.34. The molecule has 2 fully saturated rings. The number of hydrogen-bond acceptors (Lipinski definition) is 4. The van der Waals surface area contributed by atoms with Crippen molar-refractivity contribution in [1.82, 2.24) is 10.6 Å². The number of carbonyl (C=O) groups excluding carboxylic acids is 1. The van der Waals surface area contributed by atoms with Crippen molar-refractivity contribution in [1.29, 1.82) is 0 Å². The predicted octanol–water partition coefficient (Wildman–Crippen LogP) is 1.26. The first-order chi connectivity index (χ1) is 8.18. The molecule has 0 radical (unpaired) electrons. The topological polar surface area (TPSA) is 50.4 Å². The molecule has 1 spiro atoms. The van der Waals surface area contributed by atoms with Crippen LogP contribution in [0.5, 0.6) is 0 Å². The summed E-state index contributed by atoms with van der Waals surface area (Å²) in [7, 11) is 0. The van der Waals surface area contributed by atoms with Gasteiger partial charge in [-0.25, -0.2) is 0 Å². The standard InChI is InChI=1S/C13H24N2O2/c1-3-4-5-6-10(2)11(16)17-12-13(9-15-12)7-14-8-13/h10,12,14-15H,3-9H2,1-2H3. The van der Waals surface area contributed by atoms with E-state index in [0.29, 0.717) is 0 Å². The van der Waals surface area contributed by atoms with E-state index in [9.17, 15) is 4.79 Å². The Labute approximate surface area is 103 Å². The van der Waals surface area contributed by atoms with Gasteiger partial charge in [0.15, 0.2) is 6.23 Å². The Kier molecular flexibility index (Phi) is 4.05. The lowest BCUT2D eigenvalue weighted by Crippen LogP contribution is -2.76. The number of esters is 1. The molecule has 2 unspecified atom stereocenters. The van der Waals surface area contributed by atoms with Gasteiger partial charge in [0.05, 0.1) is 11.3 Å². The van der Waals surface area contributed by atoms with Crippen LogP contribution >= 0.6 is 0 Å². The van der Waals surface area contributed by atoms with Crippen LogP contribution < -0.4 is 10.6 Å². The summed E-state index contributed by atoms with van der Waals surface area (Å²) in [4.78, 5) is 11.9. The average Bonchev–Trinajstić information content (AvgIpc) is 2.22. The van der Waals surface area contributed by atoms with E-state index in [0.717, 1.165) is 32.5 Å². The monoisotopic (exact) mass is 240 g/mol. The van der Waals surface area contributed by atoms with E-state index in [1.165, 1.54) is 12.8 Å². The maximum atomic E-state index is 11.9. The van der Waals surface area contributed by atoms with Gasteiger partial charge in [0, 0.05) is 19.6 Å². The number of hydrogen-bond donors (Lipinski definition) is 2. The first-order valence-corrected chi connectivity index (χ1v) is 6.82. The van der Waals surface area contributed by atoms with E-state index in [1.54, 1.807) is 0 Å². The second kappa shape index (κ2) is 5.36. The van der Waals surface area contributed by atoms with Gasteiger partial charge in [-0.05, 0) is 6.42 Å². The molecule has 2 N–H and O–H groups in total. The number of ether oxygens (including phenoxy) is 1. The molecule has 2 saturated heterocycles. The molecule has 2 aliphatic rings. The Morgan fingerprint density at radius 2 is 2.18 bits per heavy atom. The van der Waals surface area contributed by atoms with Gasteiger partial charge in [-0.15, -0.1) is 0 Å². The molecule has 0 amide bonds. The second-order valence-electron chi connectivity index (χ2n) is 5.56. The number of unbranched alkanes of at least 4 members (excludes halogenated alkanes) is 2. The molecule has 98 valence electrons. The zero-order valence-electron chi connectivity index (χ0n) is 10.9. The Hall–Kier alpha value is -0.610. The lowest BCUT2D eigenvalue weighted by molar-refractivity contribution is -0.183. The molecule has 2 aliphatic heterocycles. The first kappa shape index (κ1) is 12.8. The highest BCUT2D eigenvalue weighted by molar-refractivity contribution is 5.72. The minimum atomic E-state index is -0.0510. The molecule has 0 aliphatic carbocycles. The summed E-state index contributed by atoms with van der Waals surface area (Å²) < 4.78 is 5.55. The third kappa shape index (κ3) is 2.63. The molecule has 4 heteroatoms. The summed E-state index contributed by atoms with van der Waals surface area (Å²) in [5.74, 6) is -0.00128. The maximum absolute atomic E-state index is 11.9. The largest absolute Gasteiger partial charge is 0.446 e. The second-order valence-corrected chi connectivity index (χ2v) is 5.56. The SMILES string of the molecule is CCCCCC(C)C(=O)OC1NCC12CNC2. The summed E-state index contributed by atoms with van der Waals surface area (Å²) in [5, 5.41) is 6.46. The smallest absolute Gasteiger partial charge is 0.310 e. The molecule has 0 aromatic heterocycles. The van der Waals surface area contributed by atoms with Gasteiger partial charge in [-0.2, -0.15) is 0 Å². The van der Waals surface area contributed by atoms with Gasteiger partial charge in [0.2, 0.25) is 0 Å². The lowest BCUT2D eigenvalue weighted by Gasteiger charge is -2.55. The molecular formula is C13H24N2O2. The number of nitrogens with one attached hydrogen (secondary N) is 2. The third-order valence-electron chi connectivity index (χ3n) is 4.03. The van der Waals surface area contributed by atoms with Crippen molar-refractivity contribution in [3.63, 3.8) is 0 Å². The van der Waals surface area contributed by atoms with Crippen molar-refractivity contribution in [2.75, 3.05) is 19.6 Å². The van der Waals surface area contributed by atoms with E-state index >= 15 is 0 Å². The molecule has 2 rings (SSSR count). The summed E-state index contributed by atoms with van der Waals surface area (Å²) in [5.41, 5.74) is 0.207. The molecular weight excluding hydrogens is 216 g/mol. The predicted molar refractivity (Wildman–Crippen MR) is 66.5 cm³/mol. The van der Waals surface area contributed by atoms with Crippen molar-refractivity contribution in [3.05, 3.63) is 0 Å². The Morgan fingerprint density at radius 1 is 1.41 bits per heavy atom. The zero-order chi connectivity index (χ0) is 12.3. The Morgan fingerprint density at radius 3 is 2.65 bits per heavy atom. The summed E-state index contributed by atoms with van der Waals surface area (Å²) in [6.45, 7) is 7.07. The van der Waals surface area contributed by atoms with Crippen molar-refractivity contribution in [2.45, 2.75) is 45.8 Å². The lowest BCUT2D eigenvalue weighted by atomic mass is 9.74. The highest BCUT2D eigenvalue weighted by Gasteiger charge is 2.53. The van der Waals surface area contributed by atoms with Gasteiger partial charge in [0.25, 0.3) is 0 Å². The number of carbonyl (C=O) groups is 1. The quantitative estimate of drug-likeness (QED) is 0.542. The molecule has 0 bridgehead atoms. The van der Waals surface area contributed by atoms with Crippen LogP contribution in [-0.2, 0) is 9.53 Å². The highest BCUT2D eigenvalue weighted by atomic mass is 16.6. The Bertz CT molecular complexity index is 271. The molecule has 0 aromatic carbocycles. The fourth-order valence-corrected chi connectivity index (χ4v) is 2.45. The average molecular weight is 240 g/mol. The summed E-state index contributed by atoms with van der Waals surface area (Å²) in [6, 6.07) is 0. The van der Waals surface area contributed by atoms with Crippen molar-refractivity contribution >= 4 is 5.97 Å². The van der Waals surface area contributed by atoms with E-state index in [-0.39, 0.29) is 23.5 Å². The molecule has 2 atom stereocenters. The van der Waals surface area contributed by atoms with Crippen LogP contribution in [0.15, 0.2) is 0 Å². The van der Waals surface area contributed by atoms with E-state index in [4.69, 9.17) is 4.74 Å². The zero-order valence-corrected chi connectivity index (χ0v) is 10.9. The van der Waals surface area contributed by atoms with Gasteiger partial charge >= 0.3 is 5.97 Å². The fourth-order valence-electron chi connectivity index (χ4n) is 2.45. The van der Waals surface area contributed by atoms with Crippen LogP contribution in [0, 0.1) is 11.3 Å². The van der Waals surface area contributed by atoms with Gasteiger partial charge in [0.1, 0.15) is 0 Å². The van der Waals surface area contributed by atoms with Crippen LogP contribution in [0.2, 0.25) is 0 Å². The molecule has 4 nitrogen and oxygen atoms in total. The number of rotatable bonds is 6. The third-order valence-corrected chi connectivity index (χ3v) is 4.03. The van der Waals surface area contributed by atoms with Crippen LogP contribution in [0.4, 0.5) is 0 Å². The van der Waals surface area contributed by atoms with Crippen LogP contribution in [0.25, 0.3) is 0 Å². The van der Waals surface area contributed by atoms with Crippen LogP contribution in [-0.4, -0.2) is 31.8 Å². The van der Waals surface area contributed by atoms with Gasteiger partial charge < -0.3 is 10.1 Å². The van der Waals surface area contributed by atoms with Gasteiger partial charge in [-0.3, -0.25) is 10.1 Å². The maximum Gasteiger partial charge on any atom is 0.310 e. The molecule has 0 saturated carbocycles. The molecule has 0 aromatic rings. The van der Waals surface area contributed by atoms with Crippen LogP contribution in [0.1, 0.15) is 39.5 Å². The molecule has 17 heavy (non-hydrogen) atoms. The summed E-state index contributed by atoms with van der Waals surface area (Å²) in [6.07, 6.45) is 4.42. The molecule has 2 heterocycles.